The molecule has 22 heavy (non-hydrogen) atoms. The van der Waals surface area contributed by atoms with Crippen LogP contribution in [0.2, 0.25) is 0 Å². The number of ether oxygens (including phenoxy) is 1. The van der Waals surface area contributed by atoms with Gasteiger partial charge in [0.2, 0.25) is 0 Å². The number of aliphatic hydroxyl groups is 1. The molecule has 0 aliphatic carbocycles. The minimum Gasteiger partial charge on any atom is -0.512 e. The van der Waals surface area contributed by atoms with Gasteiger partial charge in [0, 0.05) is 11.1 Å². The Kier molecular flexibility index (Phi) is 3.72. The molecule has 0 saturated carbocycles. The second-order valence-corrected chi connectivity index (χ2v) is 5.40. The van der Waals surface area contributed by atoms with Gasteiger partial charge in [-0.1, -0.05) is 67.6 Å². The molecule has 0 radical (unpaired) electrons. The summed E-state index contributed by atoms with van der Waals surface area (Å²) in [4.78, 5) is 12.4. The lowest BCUT2D eigenvalue weighted by atomic mass is 9.80. The van der Waals surface area contributed by atoms with E-state index in [0.29, 0.717) is 12.0 Å². The van der Waals surface area contributed by atoms with Gasteiger partial charge in [-0.25, -0.2) is 4.79 Å². The zero-order valence-electron chi connectivity index (χ0n) is 12.5. The van der Waals surface area contributed by atoms with Crippen LogP contribution in [-0.4, -0.2) is 11.1 Å². The molecule has 1 aliphatic heterocycles. The summed E-state index contributed by atoms with van der Waals surface area (Å²) < 4.78 is 5.86. The van der Waals surface area contributed by atoms with E-state index in [-0.39, 0.29) is 12.2 Å². The summed E-state index contributed by atoms with van der Waals surface area (Å²) in [5.74, 6) is -0.328. The van der Waals surface area contributed by atoms with Crippen LogP contribution in [0.1, 0.15) is 30.9 Å². The van der Waals surface area contributed by atoms with E-state index in [2.05, 4.69) is 0 Å². The quantitative estimate of drug-likeness (QED) is 0.867. The van der Waals surface area contributed by atoms with E-state index >= 15 is 0 Å². The molecule has 112 valence electrons. The lowest BCUT2D eigenvalue weighted by Gasteiger charge is -2.38. The molecule has 2 aromatic rings. The van der Waals surface area contributed by atoms with Gasteiger partial charge in [0.1, 0.15) is 5.76 Å². The average Bonchev–Trinajstić information content (AvgIpc) is 2.56. The maximum atomic E-state index is 12.4. The van der Waals surface area contributed by atoms with Crippen LogP contribution in [0, 0.1) is 0 Å². The highest BCUT2D eigenvalue weighted by molar-refractivity contribution is 5.90. The molecule has 0 atom stereocenters. The summed E-state index contributed by atoms with van der Waals surface area (Å²) in [6.45, 7) is 1.84. The van der Waals surface area contributed by atoms with Gasteiger partial charge in [-0.15, -0.1) is 0 Å². The molecule has 0 saturated heterocycles. The van der Waals surface area contributed by atoms with Crippen molar-refractivity contribution in [3.05, 3.63) is 83.1 Å². The maximum Gasteiger partial charge on any atom is 0.338 e. The molecule has 0 spiro atoms. The Balaban J connectivity index is 2.19. The van der Waals surface area contributed by atoms with Crippen LogP contribution >= 0.6 is 0 Å². The van der Waals surface area contributed by atoms with Crippen LogP contribution in [0.25, 0.3) is 0 Å². The standard InChI is InChI=1S/C19H18O3/c1-2-16-17(20)13-19(22-18(16)21,14-9-5-3-6-10-14)15-11-7-4-8-12-15/h3-12,20H,2,13H2,1H3. The number of cyclic esters (lactones) is 1. The van der Waals surface area contributed by atoms with E-state index in [1.54, 1.807) is 0 Å². The molecule has 1 heterocycles. The normalized spacial score (nSPS) is 17.2. The Morgan fingerprint density at radius 1 is 1.00 bits per heavy atom. The molecule has 0 amide bonds. The molecule has 3 heteroatoms. The average molecular weight is 294 g/mol. The van der Waals surface area contributed by atoms with E-state index in [9.17, 15) is 9.90 Å². The second kappa shape index (κ2) is 5.68. The highest BCUT2D eigenvalue weighted by Crippen LogP contribution is 2.43. The Labute approximate surface area is 129 Å². The molecular weight excluding hydrogens is 276 g/mol. The minimum absolute atomic E-state index is 0.117. The molecule has 3 nitrogen and oxygen atoms in total. The van der Waals surface area contributed by atoms with Crippen molar-refractivity contribution < 1.29 is 14.6 Å². The number of aliphatic hydroxyl groups excluding tert-OH is 1. The van der Waals surface area contributed by atoms with Gasteiger partial charge in [0.05, 0.1) is 12.0 Å². The predicted molar refractivity (Wildman–Crippen MR) is 84.3 cm³/mol. The van der Waals surface area contributed by atoms with Crippen molar-refractivity contribution in [3.8, 4) is 0 Å². The van der Waals surface area contributed by atoms with Gasteiger partial charge < -0.3 is 9.84 Å². The first-order valence-corrected chi connectivity index (χ1v) is 7.43. The monoisotopic (exact) mass is 294 g/mol. The zero-order valence-corrected chi connectivity index (χ0v) is 12.5. The van der Waals surface area contributed by atoms with Crippen molar-refractivity contribution in [1.82, 2.24) is 0 Å². The van der Waals surface area contributed by atoms with Crippen LogP contribution in [0.15, 0.2) is 72.0 Å². The van der Waals surface area contributed by atoms with Gasteiger partial charge >= 0.3 is 5.97 Å². The van der Waals surface area contributed by atoms with Crippen LogP contribution in [0.5, 0.6) is 0 Å². The first-order valence-electron chi connectivity index (χ1n) is 7.43. The molecular formula is C19H18O3. The summed E-state index contributed by atoms with van der Waals surface area (Å²) in [6, 6.07) is 19.1. The maximum absolute atomic E-state index is 12.4. The Hall–Kier alpha value is -2.55. The number of esters is 1. The van der Waals surface area contributed by atoms with Gasteiger partial charge in [0.25, 0.3) is 0 Å². The van der Waals surface area contributed by atoms with Crippen molar-refractivity contribution >= 4 is 5.97 Å². The van der Waals surface area contributed by atoms with E-state index in [1.807, 2.05) is 67.6 Å². The number of benzene rings is 2. The first-order chi connectivity index (χ1) is 10.7. The summed E-state index contributed by atoms with van der Waals surface area (Å²) in [7, 11) is 0. The first kappa shape index (κ1) is 14.4. The van der Waals surface area contributed by atoms with Crippen molar-refractivity contribution in [2.45, 2.75) is 25.4 Å². The van der Waals surface area contributed by atoms with Gasteiger partial charge in [-0.2, -0.15) is 0 Å². The molecule has 1 aliphatic rings. The highest BCUT2D eigenvalue weighted by Gasteiger charge is 2.44. The number of carbonyl (C=O) groups excluding carboxylic acids is 1. The number of rotatable bonds is 3. The molecule has 2 aromatic carbocycles. The van der Waals surface area contributed by atoms with Crippen LogP contribution < -0.4 is 0 Å². The van der Waals surface area contributed by atoms with E-state index in [4.69, 9.17) is 4.74 Å². The molecule has 0 aromatic heterocycles. The van der Waals surface area contributed by atoms with E-state index in [1.165, 1.54) is 0 Å². The molecule has 0 unspecified atom stereocenters. The van der Waals surface area contributed by atoms with Crippen molar-refractivity contribution in [1.29, 1.82) is 0 Å². The Morgan fingerprint density at radius 2 is 1.50 bits per heavy atom. The lowest BCUT2D eigenvalue weighted by molar-refractivity contribution is -0.155. The summed E-state index contributed by atoms with van der Waals surface area (Å²) in [6.07, 6.45) is 0.722. The molecule has 0 bridgehead atoms. The number of carbonyl (C=O) groups is 1. The topological polar surface area (TPSA) is 46.5 Å². The molecule has 3 rings (SSSR count). The summed E-state index contributed by atoms with van der Waals surface area (Å²) in [5.41, 5.74) is 1.11. The summed E-state index contributed by atoms with van der Waals surface area (Å²) >= 11 is 0. The second-order valence-electron chi connectivity index (χ2n) is 5.40. The lowest BCUT2D eigenvalue weighted by Crippen LogP contribution is -2.38. The van der Waals surface area contributed by atoms with Crippen molar-refractivity contribution in [3.63, 3.8) is 0 Å². The third kappa shape index (κ3) is 2.29. The molecule has 0 fully saturated rings. The van der Waals surface area contributed by atoms with E-state index in [0.717, 1.165) is 11.1 Å². The Morgan fingerprint density at radius 3 is 1.91 bits per heavy atom. The Bertz CT molecular complexity index is 662. The van der Waals surface area contributed by atoms with Crippen LogP contribution in [0.3, 0.4) is 0 Å². The fraction of sp³-hybridized carbons (Fsp3) is 0.211. The minimum atomic E-state index is -0.970. The van der Waals surface area contributed by atoms with Crippen LogP contribution in [-0.2, 0) is 15.1 Å². The SMILES string of the molecule is CCC1=C(O)CC(c2ccccc2)(c2ccccc2)OC1=O. The zero-order chi connectivity index (χ0) is 15.6. The fourth-order valence-corrected chi connectivity index (χ4v) is 2.97. The van der Waals surface area contributed by atoms with Gasteiger partial charge in [-0.05, 0) is 6.42 Å². The third-order valence-corrected chi connectivity index (χ3v) is 4.11. The van der Waals surface area contributed by atoms with Crippen LogP contribution in [0.4, 0.5) is 0 Å². The van der Waals surface area contributed by atoms with E-state index < -0.39 is 11.6 Å². The van der Waals surface area contributed by atoms with Gasteiger partial charge in [-0.3, -0.25) is 0 Å². The summed E-state index contributed by atoms with van der Waals surface area (Å²) in [5, 5.41) is 10.4. The van der Waals surface area contributed by atoms with Gasteiger partial charge in [0.15, 0.2) is 5.60 Å². The predicted octanol–water partition coefficient (Wildman–Crippen LogP) is 4.10. The van der Waals surface area contributed by atoms with Crippen molar-refractivity contribution in [2.24, 2.45) is 0 Å². The highest BCUT2D eigenvalue weighted by atomic mass is 16.6. The number of hydrogen-bond donors (Lipinski definition) is 1. The van der Waals surface area contributed by atoms with Crippen molar-refractivity contribution in [2.75, 3.05) is 0 Å². The fourth-order valence-electron chi connectivity index (χ4n) is 2.97. The third-order valence-electron chi connectivity index (χ3n) is 4.11. The smallest absolute Gasteiger partial charge is 0.338 e. The largest absolute Gasteiger partial charge is 0.512 e. The number of hydrogen-bond acceptors (Lipinski definition) is 3. The molecule has 1 N–H and O–H groups in total.